The number of carbonyl (C=O) groups is 2. The number of halogens is 2. The zero-order valence-electron chi connectivity index (χ0n) is 13.4. The van der Waals surface area contributed by atoms with E-state index < -0.39 is 11.9 Å². The van der Waals surface area contributed by atoms with Crippen molar-refractivity contribution in [1.82, 2.24) is 19.7 Å². The third kappa shape index (κ3) is 3.62. The van der Waals surface area contributed by atoms with Crippen molar-refractivity contribution in [3.63, 3.8) is 0 Å². The lowest BCUT2D eigenvalue weighted by Gasteiger charge is -2.18. The lowest BCUT2D eigenvalue weighted by Crippen LogP contribution is -2.38. The minimum Gasteiger partial charge on any atom is -0.480 e. The van der Waals surface area contributed by atoms with Crippen molar-refractivity contribution in [3.05, 3.63) is 39.9 Å². The predicted molar refractivity (Wildman–Crippen MR) is 92.5 cm³/mol. The molecule has 9 heteroatoms. The number of carboxylic acids is 1. The molecule has 1 aromatic heterocycles. The molecule has 132 valence electrons. The Morgan fingerprint density at radius 1 is 1.32 bits per heavy atom. The molecule has 0 spiro atoms. The van der Waals surface area contributed by atoms with Crippen LogP contribution in [0.1, 0.15) is 36.2 Å². The van der Waals surface area contributed by atoms with Crippen molar-refractivity contribution in [2.24, 2.45) is 0 Å². The van der Waals surface area contributed by atoms with Gasteiger partial charge in [-0.3, -0.25) is 9.59 Å². The number of aliphatic carboxylic acids is 1. The van der Waals surface area contributed by atoms with Crippen molar-refractivity contribution < 1.29 is 14.7 Å². The van der Waals surface area contributed by atoms with Gasteiger partial charge in [-0.05, 0) is 25.0 Å². The maximum absolute atomic E-state index is 12.7. The van der Waals surface area contributed by atoms with Gasteiger partial charge < -0.3 is 10.0 Å². The van der Waals surface area contributed by atoms with Gasteiger partial charge in [0, 0.05) is 12.5 Å². The van der Waals surface area contributed by atoms with E-state index in [1.54, 1.807) is 18.2 Å². The molecular weight excluding hydrogens is 367 g/mol. The summed E-state index contributed by atoms with van der Waals surface area (Å²) in [7, 11) is 0. The molecule has 0 aliphatic heterocycles. The second-order valence-corrected chi connectivity index (χ2v) is 6.56. The molecule has 1 amide bonds. The SMILES string of the molecule is CCc1nc(C(=O)N(CC(=O)O)C2CC2)nn1-c1c(Cl)cccc1Cl. The van der Waals surface area contributed by atoms with Gasteiger partial charge in [-0.15, -0.1) is 5.10 Å². The van der Waals surface area contributed by atoms with Crippen LogP contribution in [0.4, 0.5) is 0 Å². The number of hydrogen-bond donors (Lipinski definition) is 1. The van der Waals surface area contributed by atoms with E-state index in [1.165, 1.54) is 9.58 Å². The van der Waals surface area contributed by atoms with Crippen LogP contribution in [0.25, 0.3) is 5.69 Å². The number of carbonyl (C=O) groups excluding carboxylic acids is 1. The first-order chi connectivity index (χ1) is 11.9. The number of aromatic nitrogens is 3. The summed E-state index contributed by atoms with van der Waals surface area (Å²) in [6.07, 6.45) is 2.08. The molecule has 25 heavy (non-hydrogen) atoms. The molecule has 0 radical (unpaired) electrons. The summed E-state index contributed by atoms with van der Waals surface area (Å²) in [5.41, 5.74) is 0.449. The molecule has 1 N–H and O–H groups in total. The number of hydrogen-bond acceptors (Lipinski definition) is 4. The topological polar surface area (TPSA) is 88.3 Å². The second kappa shape index (κ2) is 7.01. The highest BCUT2D eigenvalue weighted by atomic mass is 35.5. The fourth-order valence-corrected chi connectivity index (χ4v) is 3.12. The first-order valence-electron chi connectivity index (χ1n) is 7.85. The van der Waals surface area contributed by atoms with Crippen molar-refractivity contribution >= 4 is 35.1 Å². The Morgan fingerprint density at radius 2 is 1.96 bits per heavy atom. The Morgan fingerprint density at radius 3 is 2.48 bits per heavy atom. The minimum absolute atomic E-state index is 0.0546. The molecule has 1 saturated carbocycles. The van der Waals surface area contributed by atoms with Gasteiger partial charge in [0.15, 0.2) is 0 Å². The number of amides is 1. The van der Waals surface area contributed by atoms with Gasteiger partial charge in [-0.2, -0.15) is 0 Å². The van der Waals surface area contributed by atoms with E-state index in [9.17, 15) is 9.59 Å². The summed E-state index contributed by atoms with van der Waals surface area (Å²) < 4.78 is 1.45. The summed E-state index contributed by atoms with van der Waals surface area (Å²) in [6, 6.07) is 4.99. The average Bonchev–Trinajstić information content (AvgIpc) is 3.31. The monoisotopic (exact) mass is 382 g/mol. The summed E-state index contributed by atoms with van der Waals surface area (Å²) >= 11 is 12.5. The summed E-state index contributed by atoms with van der Waals surface area (Å²) in [5.74, 6) is -1.10. The maximum Gasteiger partial charge on any atom is 0.323 e. The summed E-state index contributed by atoms with van der Waals surface area (Å²) in [4.78, 5) is 29.3. The van der Waals surface area contributed by atoms with Gasteiger partial charge in [0.2, 0.25) is 5.82 Å². The van der Waals surface area contributed by atoms with Crippen molar-refractivity contribution in [3.8, 4) is 5.69 Å². The number of para-hydroxylation sites is 1. The normalized spacial score (nSPS) is 13.7. The molecule has 0 atom stereocenters. The molecule has 1 aliphatic carbocycles. The number of aryl methyl sites for hydroxylation is 1. The predicted octanol–water partition coefficient (Wildman–Crippen LogP) is 2.83. The van der Waals surface area contributed by atoms with Crippen LogP contribution in [0.2, 0.25) is 10.0 Å². The maximum atomic E-state index is 12.7. The molecule has 0 bridgehead atoms. The largest absolute Gasteiger partial charge is 0.480 e. The molecule has 1 aliphatic rings. The Kier molecular flexibility index (Phi) is 4.96. The Hall–Kier alpha value is -2.12. The van der Waals surface area contributed by atoms with E-state index in [0.29, 0.717) is 28.0 Å². The molecule has 1 aromatic carbocycles. The summed E-state index contributed by atoms with van der Waals surface area (Å²) in [5, 5.41) is 14.1. The molecule has 0 saturated heterocycles. The standard InChI is InChI=1S/C16H16Cl2N4O3/c1-2-12-19-15(16(25)21(8-13(23)24)9-6-7-9)20-22(12)14-10(17)4-3-5-11(14)18/h3-5,9H,2,6-8H2,1H3,(H,23,24). The van der Waals surface area contributed by atoms with Crippen molar-refractivity contribution in [1.29, 1.82) is 0 Å². The zero-order valence-corrected chi connectivity index (χ0v) is 15.0. The van der Waals surface area contributed by atoms with E-state index >= 15 is 0 Å². The molecule has 1 heterocycles. The van der Waals surface area contributed by atoms with E-state index in [4.69, 9.17) is 28.3 Å². The third-order valence-corrected chi connectivity index (χ3v) is 4.50. The average molecular weight is 383 g/mol. The van der Waals surface area contributed by atoms with Crippen LogP contribution in [-0.4, -0.2) is 49.2 Å². The first kappa shape index (κ1) is 17.7. The van der Waals surface area contributed by atoms with Crippen molar-refractivity contribution in [2.45, 2.75) is 32.2 Å². The Bertz CT molecular complexity index is 813. The van der Waals surface area contributed by atoms with Crippen LogP contribution in [0.5, 0.6) is 0 Å². The highest BCUT2D eigenvalue weighted by Crippen LogP contribution is 2.30. The smallest absolute Gasteiger partial charge is 0.323 e. The Balaban J connectivity index is 2.00. The van der Waals surface area contributed by atoms with Crippen LogP contribution in [0.3, 0.4) is 0 Å². The van der Waals surface area contributed by atoms with Crippen LogP contribution < -0.4 is 0 Å². The minimum atomic E-state index is -1.07. The van der Waals surface area contributed by atoms with Crippen molar-refractivity contribution in [2.75, 3.05) is 6.54 Å². The molecule has 2 aromatic rings. The van der Waals surface area contributed by atoms with E-state index in [2.05, 4.69) is 10.1 Å². The van der Waals surface area contributed by atoms with Gasteiger partial charge in [-0.25, -0.2) is 9.67 Å². The number of carboxylic acid groups (broad SMARTS) is 1. The number of benzene rings is 1. The van der Waals surface area contributed by atoms with Gasteiger partial charge in [0.05, 0.1) is 10.0 Å². The highest BCUT2D eigenvalue weighted by molar-refractivity contribution is 6.37. The number of nitrogens with zero attached hydrogens (tertiary/aromatic N) is 4. The molecule has 3 rings (SSSR count). The lowest BCUT2D eigenvalue weighted by atomic mass is 10.3. The quantitative estimate of drug-likeness (QED) is 0.829. The summed E-state index contributed by atoms with van der Waals surface area (Å²) in [6.45, 7) is 1.50. The third-order valence-electron chi connectivity index (χ3n) is 3.89. The van der Waals surface area contributed by atoms with E-state index in [0.717, 1.165) is 12.8 Å². The van der Waals surface area contributed by atoms with Gasteiger partial charge in [0.1, 0.15) is 18.1 Å². The van der Waals surface area contributed by atoms with Crippen LogP contribution in [0.15, 0.2) is 18.2 Å². The Labute approximate surface area is 154 Å². The fourth-order valence-electron chi connectivity index (χ4n) is 2.56. The molecule has 7 nitrogen and oxygen atoms in total. The van der Waals surface area contributed by atoms with E-state index in [1.807, 2.05) is 6.92 Å². The lowest BCUT2D eigenvalue weighted by molar-refractivity contribution is -0.137. The van der Waals surface area contributed by atoms with Crippen LogP contribution in [0, 0.1) is 0 Å². The molecular formula is C16H16Cl2N4O3. The zero-order chi connectivity index (χ0) is 18.1. The molecule has 0 unspecified atom stereocenters. The van der Waals surface area contributed by atoms with Crippen LogP contribution in [-0.2, 0) is 11.2 Å². The highest BCUT2D eigenvalue weighted by Gasteiger charge is 2.36. The number of rotatable bonds is 6. The van der Waals surface area contributed by atoms with Gasteiger partial charge in [0.25, 0.3) is 5.91 Å². The van der Waals surface area contributed by atoms with Gasteiger partial charge in [-0.1, -0.05) is 36.2 Å². The fraction of sp³-hybridized carbons (Fsp3) is 0.375. The van der Waals surface area contributed by atoms with E-state index in [-0.39, 0.29) is 18.4 Å². The second-order valence-electron chi connectivity index (χ2n) is 5.75. The van der Waals surface area contributed by atoms with Gasteiger partial charge >= 0.3 is 5.97 Å². The van der Waals surface area contributed by atoms with Crippen LogP contribution >= 0.6 is 23.2 Å². The molecule has 1 fully saturated rings. The first-order valence-corrected chi connectivity index (χ1v) is 8.61.